The quantitative estimate of drug-likeness (QED) is 0.0215. The van der Waals surface area contributed by atoms with Crippen molar-refractivity contribution in [1.29, 1.82) is 0 Å². The molecule has 1 heterocycles. The van der Waals surface area contributed by atoms with Gasteiger partial charge in [0.1, 0.15) is 60.5 Å². The minimum absolute atomic E-state index is 0.0281. The van der Waals surface area contributed by atoms with Crippen LogP contribution in [0.2, 0.25) is 5.02 Å². The molecule has 2 aromatic rings. The van der Waals surface area contributed by atoms with Gasteiger partial charge < -0.3 is 117 Å². The number of aliphatic hydroxyl groups is 5. The molecule has 11 amide bonds. The third-order valence-electron chi connectivity index (χ3n) is 15.2. The molecule has 0 spiro atoms. The van der Waals surface area contributed by atoms with Crippen LogP contribution in [0.25, 0.3) is 0 Å². The van der Waals surface area contributed by atoms with Gasteiger partial charge in [-0.15, -0.1) is 0 Å². The number of aliphatic imine (C=N–C) groups is 1. The van der Waals surface area contributed by atoms with Crippen LogP contribution in [-0.4, -0.2) is 223 Å². The summed E-state index contributed by atoms with van der Waals surface area (Å²) in [7, 11) is 0. The van der Waals surface area contributed by atoms with E-state index >= 15 is 4.79 Å². The molecule has 1 fully saturated rings. The molecule has 1 unspecified atom stereocenters. The zero-order chi connectivity index (χ0) is 78.9. The van der Waals surface area contributed by atoms with Crippen LogP contribution in [0.1, 0.15) is 132 Å². The second-order valence-electron chi connectivity index (χ2n) is 25.4. The molecule has 3 rings (SSSR count). The Kier molecular flexibility index (Phi) is 40.2. The fraction of sp³-hybridized carbons (Fsp3) is 0.585. The first-order valence-corrected chi connectivity index (χ1v) is 33.2. The minimum Gasteiger partial charge on any atom is -0.481 e. The molecule has 25 N–H and O–H groups in total. The lowest BCUT2D eigenvalue weighted by molar-refractivity contribution is -0.159. The van der Waals surface area contributed by atoms with Crippen molar-refractivity contribution in [2.45, 2.75) is 199 Å². The number of cyclic esters (lactones) is 1. The molecule has 37 nitrogen and oxygen atoms in total. The molecule has 0 aliphatic carbocycles. The number of carbonyl (C=O) groups is 14. The van der Waals surface area contributed by atoms with E-state index in [2.05, 4.69) is 47.5 Å². The topological polar surface area (TPSA) is 627 Å². The largest absolute Gasteiger partial charge is 0.481 e. The summed E-state index contributed by atoms with van der Waals surface area (Å²) in [4.78, 5) is 193. The van der Waals surface area contributed by atoms with E-state index in [0.29, 0.717) is 5.02 Å². The number of guanidine groups is 1. The average molecular weight is 1480 g/mol. The van der Waals surface area contributed by atoms with Gasteiger partial charge in [0.25, 0.3) is 11.9 Å². The third kappa shape index (κ3) is 32.5. The predicted molar refractivity (Wildman–Crippen MR) is 370 cm³/mol. The Labute approximate surface area is 600 Å². The highest BCUT2D eigenvalue weighted by Gasteiger charge is 2.44. The SMILES string of the molecule is CC(=O)O.CC(=O)O.CC[C@H](C)[C@@H]1NC(=O)[C@@H](CCCN=C(N)N)NC(=O)[C@H](CC(C)C)NC(=O)[C@H]([C@H](O)C(C)C)NC(=O)[C@@H](NC(=O)[C@H](CC(C)C)NC(=O)C(N)[C@H](O)c2ccc(Cl)cc2)[C@@H](c2ccccc2)OC(=O)[C@H](CO)NC(=O)[C@H]([C@H](O)C(N)=O)NC(=O)CNC(=O)[C@H]([C@H](C)O)NC1=O. The van der Waals surface area contributed by atoms with Gasteiger partial charge in [-0.1, -0.05) is 116 Å². The molecular formula is C65H102ClN15O22. The summed E-state index contributed by atoms with van der Waals surface area (Å²) in [5.41, 5.74) is 22.7. The number of hydrogen-bond acceptors (Lipinski definition) is 22. The van der Waals surface area contributed by atoms with Crippen LogP contribution in [0.4, 0.5) is 0 Å². The number of carboxylic acid groups (broad SMARTS) is 2. The number of esters is 1. The number of carbonyl (C=O) groups excluding carboxylic acids is 12. The number of aliphatic carboxylic acids is 2. The molecule has 16 atom stereocenters. The Morgan fingerprint density at radius 2 is 1.16 bits per heavy atom. The molecule has 1 aliphatic heterocycles. The number of primary amides is 1. The Balaban J connectivity index is 0.00000628. The summed E-state index contributed by atoms with van der Waals surface area (Å²) >= 11 is 6.03. The Morgan fingerprint density at radius 3 is 1.66 bits per heavy atom. The van der Waals surface area contributed by atoms with Crippen molar-refractivity contribution in [3.8, 4) is 0 Å². The first kappa shape index (κ1) is 91.4. The van der Waals surface area contributed by atoms with Crippen LogP contribution in [0.3, 0.4) is 0 Å². The van der Waals surface area contributed by atoms with Gasteiger partial charge >= 0.3 is 5.97 Å². The van der Waals surface area contributed by atoms with Gasteiger partial charge in [-0.05, 0) is 79.5 Å². The number of nitrogens with one attached hydrogen (secondary N) is 10. The highest BCUT2D eigenvalue weighted by Crippen LogP contribution is 2.26. The zero-order valence-corrected chi connectivity index (χ0v) is 60.0. The van der Waals surface area contributed by atoms with E-state index in [9.17, 15) is 78.3 Å². The zero-order valence-electron chi connectivity index (χ0n) is 59.2. The fourth-order valence-corrected chi connectivity index (χ4v) is 9.76. The van der Waals surface area contributed by atoms with Crippen molar-refractivity contribution in [1.82, 2.24) is 53.2 Å². The first-order valence-electron chi connectivity index (χ1n) is 32.8. The van der Waals surface area contributed by atoms with Gasteiger partial charge in [0.15, 0.2) is 24.2 Å². The van der Waals surface area contributed by atoms with E-state index in [1.165, 1.54) is 68.4 Å². The average Bonchev–Trinajstić information content (AvgIpc) is 0.822. The molecule has 103 heavy (non-hydrogen) atoms. The highest BCUT2D eigenvalue weighted by molar-refractivity contribution is 6.30. The lowest BCUT2D eigenvalue weighted by Crippen LogP contribution is -2.64. The van der Waals surface area contributed by atoms with Crippen LogP contribution < -0.4 is 76.1 Å². The number of halogens is 1. The molecule has 0 aromatic heterocycles. The lowest BCUT2D eigenvalue weighted by atomic mass is 9.95. The number of benzene rings is 2. The maximum absolute atomic E-state index is 15.4. The monoisotopic (exact) mass is 1480 g/mol. The fourth-order valence-electron chi connectivity index (χ4n) is 9.63. The molecule has 0 bridgehead atoms. The molecule has 1 aliphatic rings. The molecule has 2 aromatic carbocycles. The number of nitrogens with two attached hydrogens (primary N) is 4. The van der Waals surface area contributed by atoms with Gasteiger partial charge in [-0.2, -0.15) is 0 Å². The number of nitrogens with zero attached hydrogens (tertiary/aromatic N) is 1. The van der Waals surface area contributed by atoms with Crippen molar-refractivity contribution in [2.24, 2.45) is 51.6 Å². The maximum Gasteiger partial charge on any atom is 0.331 e. The van der Waals surface area contributed by atoms with Gasteiger partial charge in [0, 0.05) is 25.4 Å². The summed E-state index contributed by atoms with van der Waals surface area (Å²) < 4.78 is 5.92. The Morgan fingerprint density at radius 1 is 0.641 bits per heavy atom. The molecule has 0 saturated carbocycles. The van der Waals surface area contributed by atoms with E-state index < -0.39 is 211 Å². The second-order valence-corrected chi connectivity index (χ2v) is 25.8. The number of rotatable bonds is 23. The number of ether oxygens (including phenoxy) is 1. The van der Waals surface area contributed by atoms with Gasteiger partial charge in [-0.25, -0.2) is 4.79 Å². The molecule has 1 saturated heterocycles. The lowest BCUT2D eigenvalue weighted by Gasteiger charge is -2.34. The summed E-state index contributed by atoms with van der Waals surface area (Å²) in [5.74, 6) is -19.7. The van der Waals surface area contributed by atoms with Gasteiger partial charge in [-0.3, -0.25) is 67.3 Å². The number of carboxylic acids is 2. The van der Waals surface area contributed by atoms with E-state index in [1.807, 2.05) is 10.6 Å². The van der Waals surface area contributed by atoms with Crippen molar-refractivity contribution in [3.05, 3.63) is 70.7 Å². The minimum atomic E-state index is -2.60. The molecular weight excluding hydrogens is 1380 g/mol. The maximum atomic E-state index is 15.4. The van der Waals surface area contributed by atoms with E-state index in [0.717, 1.165) is 20.8 Å². The molecule has 38 heteroatoms. The normalized spacial score (nSPS) is 22.9. The van der Waals surface area contributed by atoms with Gasteiger partial charge in [0.2, 0.25) is 65.0 Å². The van der Waals surface area contributed by atoms with E-state index in [1.54, 1.807) is 41.5 Å². The predicted octanol–water partition coefficient (Wildman–Crippen LogP) is -4.91. The third-order valence-corrected chi connectivity index (χ3v) is 15.5. The van der Waals surface area contributed by atoms with Gasteiger partial charge in [0.05, 0.1) is 25.4 Å². The highest BCUT2D eigenvalue weighted by atomic mass is 35.5. The first-order chi connectivity index (χ1) is 48.0. The van der Waals surface area contributed by atoms with Crippen molar-refractivity contribution in [3.63, 3.8) is 0 Å². The Bertz CT molecular complexity index is 3200. The van der Waals surface area contributed by atoms with Crippen LogP contribution in [-0.2, 0) is 71.9 Å². The summed E-state index contributed by atoms with van der Waals surface area (Å²) in [6, 6.07) is -6.32. The van der Waals surface area contributed by atoms with E-state index in [4.69, 9.17) is 59.1 Å². The summed E-state index contributed by atoms with van der Waals surface area (Å²) in [6.07, 6.45) is -10.3. The van der Waals surface area contributed by atoms with Crippen molar-refractivity contribution < 1.29 is 108 Å². The molecule has 0 radical (unpaired) electrons. The smallest absolute Gasteiger partial charge is 0.331 e. The van der Waals surface area contributed by atoms with Crippen LogP contribution in [0.5, 0.6) is 0 Å². The van der Waals surface area contributed by atoms with Crippen LogP contribution in [0.15, 0.2) is 59.6 Å². The number of amides is 11. The van der Waals surface area contributed by atoms with Crippen molar-refractivity contribution in [2.75, 3.05) is 19.7 Å². The number of aliphatic hydroxyl groups excluding tert-OH is 5. The standard InChI is InChI=1S/C61H94ClN15O18.2C2H4O2/c1-10-30(8)41-56(90)75-42(31(9)79)55(89)68-25-39(80)73-44(48(83)50(64)84)58(92)72-38(26-78)60(94)95-49(33-15-12-11-13-16-33)45(77-53(87)37(24-28(4)5)70-54(88)40(63)47(82)32-18-20-34(62)21-19-32)59(93)76-43(46(81)29(6)7)57(91)71-36(23-27(2)3)52(86)69-35(51(85)74-41)17-14-22-67-61(65)66;2*1-2(3)4/h11-13,15-16,18-21,27-31,35-38,40-49,78-79,81-83H,10,14,17,22-26,63H2,1-9H3,(H2,64,84)(H,68,89)(H,69,86)(H,70,88)(H,71,91)(H,72,92)(H,73,80)(H,74,85)(H,75,90)(H,76,93)(H,77,87)(H4,65,66,67);2*1H3,(H,3,4)/t30-,31-,35+,36-,37-,38-,40?,41-,42-,43-,44-,45-,46+,47+,48-,49+;;/m0../s1. The van der Waals surface area contributed by atoms with Crippen LogP contribution >= 0.6 is 11.6 Å². The van der Waals surface area contributed by atoms with Crippen molar-refractivity contribution >= 4 is 100 Å². The van der Waals surface area contributed by atoms with Crippen LogP contribution in [0, 0.1) is 23.7 Å². The number of hydrogen-bond donors (Lipinski definition) is 21. The summed E-state index contributed by atoms with van der Waals surface area (Å²) in [6.45, 7) is 13.6. The Hall–Kier alpha value is -9.66. The summed E-state index contributed by atoms with van der Waals surface area (Å²) in [5, 5.41) is 94.2. The second kappa shape index (κ2) is 45.3. The van der Waals surface area contributed by atoms with E-state index in [-0.39, 0.29) is 55.7 Å². The molecule has 576 valence electrons.